The van der Waals surface area contributed by atoms with Crippen molar-refractivity contribution in [1.29, 1.82) is 0 Å². The molecule has 2 atom stereocenters. The van der Waals surface area contributed by atoms with E-state index in [1.807, 2.05) is 6.92 Å². The largest absolute Gasteiger partial charge is 0.396 e. The third kappa shape index (κ3) is 3.64. The topological polar surface area (TPSA) is 58.4 Å². The maximum absolute atomic E-state index is 15.0. The van der Waals surface area contributed by atoms with Gasteiger partial charge in [0.05, 0.1) is 22.3 Å². The monoisotopic (exact) mass is 443 g/mol. The lowest BCUT2D eigenvalue weighted by atomic mass is 9.95. The smallest absolute Gasteiger partial charge is 0.289 e. The molecule has 0 bridgehead atoms. The van der Waals surface area contributed by atoms with Crippen molar-refractivity contribution in [3.63, 3.8) is 0 Å². The Kier molecular flexibility index (Phi) is 5.34. The minimum Gasteiger partial charge on any atom is -0.396 e. The lowest BCUT2D eigenvalue weighted by molar-refractivity contribution is -0.0229. The zero-order chi connectivity index (χ0) is 20.9. The van der Waals surface area contributed by atoms with Crippen LogP contribution in [0.5, 0.6) is 0 Å². The van der Waals surface area contributed by atoms with E-state index < -0.39 is 5.92 Å². The Labute approximate surface area is 177 Å². The third-order valence-corrected chi connectivity index (χ3v) is 6.55. The van der Waals surface area contributed by atoms with Crippen molar-refractivity contribution in [3.8, 4) is 0 Å². The standard InChI is InChI=1S/C20H21Cl2F2N3O2/c1-11-6-17-14(9-26(11)19(29)13-2-3-15(21)16(22)7-13)18-20(23,24)5-4-12(10-28)8-27(18)25-17/h2-3,7,11-12,28H,4-6,8-10H2,1H3/t11-,12+/m1/s1. The number of aliphatic hydroxyl groups is 1. The molecule has 1 aromatic heterocycles. The summed E-state index contributed by atoms with van der Waals surface area (Å²) >= 11 is 12.0. The van der Waals surface area contributed by atoms with Crippen LogP contribution >= 0.6 is 23.2 Å². The second-order valence-corrected chi connectivity index (χ2v) is 8.68. The Morgan fingerprint density at radius 2 is 2.10 bits per heavy atom. The number of carbonyl (C=O) groups excluding carboxylic acids is 1. The second-order valence-electron chi connectivity index (χ2n) is 7.86. The Morgan fingerprint density at radius 1 is 1.34 bits per heavy atom. The highest BCUT2D eigenvalue weighted by molar-refractivity contribution is 6.42. The summed E-state index contributed by atoms with van der Waals surface area (Å²) in [5.74, 6) is -3.59. The number of amides is 1. The first-order chi connectivity index (χ1) is 13.7. The first-order valence-electron chi connectivity index (χ1n) is 9.55. The first-order valence-corrected chi connectivity index (χ1v) is 10.3. The Bertz CT molecular complexity index is 963. The summed E-state index contributed by atoms with van der Waals surface area (Å²) in [6.45, 7) is 2.03. The maximum Gasteiger partial charge on any atom is 0.289 e. The van der Waals surface area contributed by atoms with Gasteiger partial charge >= 0.3 is 0 Å². The fraction of sp³-hybridized carbons (Fsp3) is 0.500. The number of halogens is 4. The molecule has 4 rings (SSSR count). The second kappa shape index (κ2) is 7.52. The molecule has 9 heteroatoms. The van der Waals surface area contributed by atoms with Gasteiger partial charge in [-0.15, -0.1) is 0 Å². The molecule has 1 amide bonds. The summed E-state index contributed by atoms with van der Waals surface area (Å²) in [5.41, 5.74) is 1.26. The Hall–Kier alpha value is -1.70. The summed E-state index contributed by atoms with van der Waals surface area (Å²) in [7, 11) is 0. The van der Waals surface area contributed by atoms with Crippen LogP contribution in [0.3, 0.4) is 0 Å². The summed E-state index contributed by atoms with van der Waals surface area (Å²) < 4.78 is 31.3. The molecule has 0 unspecified atom stereocenters. The van der Waals surface area contributed by atoms with Gasteiger partial charge in [0.2, 0.25) is 0 Å². The van der Waals surface area contributed by atoms with Crippen LogP contribution in [0, 0.1) is 5.92 Å². The minimum absolute atomic E-state index is 0.0598. The number of carbonyl (C=O) groups is 1. The van der Waals surface area contributed by atoms with Gasteiger partial charge in [-0.25, -0.2) is 0 Å². The number of hydrogen-bond acceptors (Lipinski definition) is 3. The van der Waals surface area contributed by atoms with Crippen molar-refractivity contribution in [2.45, 2.75) is 51.2 Å². The first kappa shape index (κ1) is 20.6. The molecule has 2 aromatic rings. The molecular formula is C20H21Cl2F2N3O2. The van der Waals surface area contributed by atoms with Gasteiger partial charge in [0, 0.05) is 49.1 Å². The van der Waals surface area contributed by atoms with E-state index in [-0.39, 0.29) is 61.1 Å². The molecular weight excluding hydrogens is 423 g/mol. The number of nitrogens with zero attached hydrogens (tertiary/aromatic N) is 3. The van der Waals surface area contributed by atoms with Gasteiger partial charge < -0.3 is 10.0 Å². The van der Waals surface area contributed by atoms with Crippen LogP contribution in [0.2, 0.25) is 10.0 Å². The molecule has 3 heterocycles. The zero-order valence-corrected chi connectivity index (χ0v) is 17.4. The third-order valence-electron chi connectivity index (χ3n) is 5.81. The molecule has 0 aliphatic carbocycles. The summed E-state index contributed by atoms with van der Waals surface area (Å²) in [4.78, 5) is 14.7. The SMILES string of the molecule is C[C@@H]1Cc2nn3c(c2CN1C(=O)c1ccc(Cl)c(Cl)c1)C(F)(F)CC[C@H](CO)C3. The molecule has 0 radical (unpaired) electrons. The van der Waals surface area contributed by atoms with E-state index >= 15 is 0 Å². The van der Waals surface area contributed by atoms with E-state index in [2.05, 4.69) is 5.10 Å². The van der Waals surface area contributed by atoms with E-state index in [4.69, 9.17) is 23.2 Å². The van der Waals surface area contributed by atoms with Gasteiger partial charge in [0.1, 0.15) is 5.69 Å². The lowest BCUT2D eigenvalue weighted by Gasteiger charge is -2.34. The molecule has 5 nitrogen and oxygen atoms in total. The van der Waals surface area contributed by atoms with Crippen LogP contribution in [0.25, 0.3) is 0 Å². The van der Waals surface area contributed by atoms with Crippen molar-refractivity contribution in [2.24, 2.45) is 5.92 Å². The van der Waals surface area contributed by atoms with E-state index in [0.29, 0.717) is 28.3 Å². The predicted molar refractivity (Wildman–Crippen MR) is 105 cm³/mol. The fourth-order valence-corrected chi connectivity index (χ4v) is 4.49. The van der Waals surface area contributed by atoms with Crippen LogP contribution in [-0.4, -0.2) is 38.3 Å². The maximum atomic E-state index is 15.0. The van der Waals surface area contributed by atoms with Crippen molar-refractivity contribution >= 4 is 29.1 Å². The Morgan fingerprint density at radius 3 is 2.79 bits per heavy atom. The van der Waals surface area contributed by atoms with Crippen molar-refractivity contribution in [3.05, 3.63) is 50.8 Å². The molecule has 1 aromatic carbocycles. The van der Waals surface area contributed by atoms with Crippen molar-refractivity contribution in [1.82, 2.24) is 14.7 Å². The predicted octanol–water partition coefficient (Wildman–Crippen LogP) is 4.27. The van der Waals surface area contributed by atoms with Gasteiger partial charge in [-0.3, -0.25) is 9.48 Å². The number of rotatable bonds is 2. The van der Waals surface area contributed by atoms with Gasteiger partial charge in [-0.2, -0.15) is 13.9 Å². The summed E-state index contributed by atoms with van der Waals surface area (Å²) in [6, 6.07) is 4.42. The fourth-order valence-electron chi connectivity index (χ4n) is 4.19. The van der Waals surface area contributed by atoms with Gasteiger partial charge in [0.15, 0.2) is 0 Å². The van der Waals surface area contributed by atoms with Crippen LogP contribution in [-0.2, 0) is 25.4 Å². The highest BCUT2D eigenvalue weighted by atomic mass is 35.5. The van der Waals surface area contributed by atoms with Crippen molar-refractivity contribution in [2.75, 3.05) is 6.61 Å². The van der Waals surface area contributed by atoms with Gasteiger partial charge in [-0.1, -0.05) is 23.2 Å². The lowest BCUT2D eigenvalue weighted by Crippen LogP contribution is -2.43. The molecule has 29 heavy (non-hydrogen) atoms. The van der Waals surface area contributed by atoms with Gasteiger partial charge in [0.25, 0.3) is 11.8 Å². The highest BCUT2D eigenvalue weighted by Gasteiger charge is 2.44. The van der Waals surface area contributed by atoms with Crippen LogP contribution in [0.4, 0.5) is 8.78 Å². The van der Waals surface area contributed by atoms with Gasteiger partial charge in [-0.05, 0) is 31.5 Å². The van der Waals surface area contributed by atoms with Crippen LogP contribution in [0.1, 0.15) is 47.1 Å². The van der Waals surface area contributed by atoms with E-state index in [9.17, 15) is 18.7 Å². The number of hydrogen-bond donors (Lipinski definition) is 1. The van der Waals surface area contributed by atoms with Crippen LogP contribution in [0.15, 0.2) is 18.2 Å². The molecule has 0 saturated heterocycles. The van der Waals surface area contributed by atoms with Crippen molar-refractivity contribution < 1.29 is 18.7 Å². The molecule has 0 saturated carbocycles. The Balaban J connectivity index is 1.71. The highest BCUT2D eigenvalue weighted by Crippen LogP contribution is 2.42. The minimum atomic E-state index is -3.05. The average Bonchev–Trinajstić information content (AvgIpc) is 2.97. The number of fused-ring (bicyclic) bond motifs is 3. The summed E-state index contributed by atoms with van der Waals surface area (Å²) in [5, 5.41) is 14.5. The average molecular weight is 444 g/mol. The molecule has 156 valence electrons. The van der Waals surface area contributed by atoms with E-state index in [0.717, 1.165) is 0 Å². The number of benzene rings is 1. The number of aliphatic hydroxyl groups excluding tert-OH is 1. The molecule has 0 spiro atoms. The number of alkyl halides is 2. The summed E-state index contributed by atoms with van der Waals surface area (Å²) in [6.07, 6.45) is 0.277. The normalized spacial score (nSPS) is 23.3. The zero-order valence-electron chi connectivity index (χ0n) is 15.8. The molecule has 2 aliphatic heterocycles. The molecule has 2 aliphatic rings. The number of aromatic nitrogens is 2. The van der Waals surface area contributed by atoms with Crippen LogP contribution < -0.4 is 0 Å². The van der Waals surface area contributed by atoms with E-state index in [1.165, 1.54) is 10.7 Å². The quantitative estimate of drug-likeness (QED) is 0.753. The molecule has 1 N–H and O–H groups in total. The van der Waals surface area contributed by atoms with E-state index in [1.54, 1.807) is 17.0 Å². The molecule has 0 fully saturated rings.